The van der Waals surface area contributed by atoms with Crippen molar-refractivity contribution in [2.45, 2.75) is 30.2 Å². The molecular formula is C13H18ClFN2O2S. The smallest absolute Gasteiger partial charge is 0.244 e. The molecule has 1 atom stereocenters. The first kappa shape index (κ1) is 15.7. The van der Waals surface area contributed by atoms with Crippen molar-refractivity contribution in [2.24, 2.45) is 0 Å². The molecular weight excluding hydrogens is 303 g/mol. The van der Waals surface area contributed by atoms with E-state index in [9.17, 15) is 12.8 Å². The molecule has 1 heterocycles. The number of rotatable bonds is 3. The largest absolute Gasteiger partial charge is 0.317 e. The molecule has 1 fully saturated rings. The van der Waals surface area contributed by atoms with Crippen molar-refractivity contribution < 1.29 is 12.8 Å². The van der Waals surface area contributed by atoms with E-state index in [0.717, 1.165) is 44.5 Å². The quantitative estimate of drug-likeness (QED) is 0.929. The summed E-state index contributed by atoms with van der Waals surface area (Å²) in [4.78, 5) is -0.0414. The van der Waals surface area contributed by atoms with Gasteiger partial charge in [-0.3, -0.25) is 0 Å². The van der Waals surface area contributed by atoms with Gasteiger partial charge in [0.2, 0.25) is 10.0 Å². The third-order valence-electron chi connectivity index (χ3n) is 3.61. The lowest BCUT2D eigenvalue weighted by molar-refractivity contribution is 0.341. The van der Waals surface area contributed by atoms with E-state index in [0.29, 0.717) is 0 Å². The molecule has 112 valence electrons. The highest BCUT2D eigenvalue weighted by Crippen LogP contribution is 2.27. The average molecular weight is 321 g/mol. The van der Waals surface area contributed by atoms with E-state index in [2.05, 4.69) is 5.32 Å². The van der Waals surface area contributed by atoms with E-state index < -0.39 is 15.8 Å². The van der Waals surface area contributed by atoms with Crippen molar-refractivity contribution >= 4 is 21.6 Å². The summed E-state index contributed by atoms with van der Waals surface area (Å²) in [7, 11) is -2.13. The third-order valence-corrected chi connectivity index (χ3v) is 6.00. The summed E-state index contributed by atoms with van der Waals surface area (Å²) in [5.74, 6) is -0.546. The predicted octanol–water partition coefficient (Wildman–Crippen LogP) is 2.24. The number of benzene rings is 1. The SMILES string of the molecule is CN(C1CCCNCC1)S(=O)(=O)c1ccc(F)cc1Cl. The fourth-order valence-electron chi connectivity index (χ4n) is 2.40. The molecule has 1 N–H and O–H groups in total. The molecule has 1 unspecified atom stereocenters. The second-order valence-corrected chi connectivity index (χ2v) is 7.30. The second-order valence-electron chi connectivity index (χ2n) is 4.93. The normalized spacial score (nSPS) is 20.9. The van der Waals surface area contributed by atoms with Crippen LogP contribution < -0.4 is 5.32 Å². The Hall–Kier alpha value is -0.690. The molecule has 1 aliphatic rings. The molecule has 1 aliphatic heterocycles. The maximum Gasteiger partial charge on any atom is 0.244 e. The first-order valence-electron chi connectivity index (χ1n) is 6.57. The number of hydrogen-bond donors (Lipinski definition) is 1. The minimum atomic E-state index is -3.70. The van der Waals surface area contributed by atoms with Crippen LogP contribution in [0.2, 0.25) is 5.02 Å². The molecule has 7 heteroatoms. The zero-order valence-electron chi connectivity index (χ0n) is 11.3. The maximum atomic E-state index is 13.0. The van der Waals surface area contributed by atoms with Crippen LogP contribution in [0.3, 0.4) is 0 Å². The van der Waals surface area contributed by atoms with E-state index in [4.69, 9.17) is 11.6 Å². The van der Waals surface area contributed by atoms with Crippen LogP contribution >= 0.6 is 11.6 Å². The van der Waals surface area contributed by atoms with Crippen LogP contribution in [0, 0.1) is 5.82 Å². The minimum absolute atomic E-state index is 0.0414. The number of nitrogens with zero attached hydrogens (tertiary/aromatic N) is 1. The molecule has 0 saturated carbocycles. The fraction of sp³-hybridized carbons (Fsp3) is 0.538. The Labute approximate surface area is 124 Å². The van der Waals surface area contributed by atoms with Gasteiger partial charge in [-0.15, -0.1) is 0 Å². The van der Waals surface area contributed by atoms with Gasteiger partial charge < -0.3 is 5.32 Å². The molecule has 20 heavy (non-hydrogen) atoms. The van der Waals surface area contributed by atoms with Gasteiger partial charge in [-0.1, -0.05) is 11.6 Å². The van der Waals surface area contributed by atoms with Crippen LogP contribution in [0.5, 0.6) is 0 Å². The van der Waals surface area contributed by atoms with Crippen molar-refractivity contribution in [1.82, 2.24) is 9.62 Å². The first-order chi connectivity index (χ1) is 9.43. The van der Waals surface area contributed by atoms with Crippen molar-refractivity contribution in [3.8, 4) is 0 Å². The average Bonchev–Trinajstić information content (AvgIpc) is 2.66. The summed E-state index contributed by atoms with van der Waals surface area (Å²) >= 11 is 5.87. The van der Waals surface area contributed by atoms with Crippen LogP contribution in [0.15, 0.2) is 23.1 Å². The lowest BCUT2D eigenvalue weighted by Gasteiger charge is -2.26. The van der Waals surface area contributed by atoms with Gasteiger partial charge in [0.25, 0.3) is 0 Å². The summed E-state index contributed by atoms with van der Waals surface area (Å²) in [5, 5.41) is 3.17. The summed E-state index contributed by atoms with van der Waals surface area (Å²) in [6, 6.07) is 3.30. The summed E-state index contributed by atoms with van der Waals surface area (Å²) < 4.78 is 39.6. The van der Waals surface area contributed by atoms with Gasteiger partial charge in [0.15, 0.2) is 0 Å². The molecule has 1 aromatic rings. The molecule has 4 nitrogen and oxygen atoms in total. The van der Waals surface area contributed by atoms with Gasteiger partial charge in [-0.25, -0.2) is 12.8 Å². The highest BCUT2D eigenvalue weighted by atomic mass is 35.5. The van der Waals surface area contributed by atoms with Crippen molar-refractivity contribution in [1.29, 1.82) is 0 Å². The van der Waals surface area contributed by atoms with Crippen molar-refractivity contribution in [2.75, 3.05) is 20.1 Å². The monoisotopic (exact) mass is 320 g/mol. The Morgan fingerprint density at radius 1 is 1.35 bits per heavy atom. The van der Waals surface area contributed by atoms with E-state index in [1.165, 1.54) is 10.4 Å². The van der Waals surface area contributed by atoms with Crippen LogP contribution in [0.4, 0.5) is 4.39 Å². The van der Waals surface area contributed by atoms with Gasteiger partial charge in [0, 0.05) is 13.1 Å². The Morgan fingerprint density at radius 2 is 2.10 bits per heavy atom. The standard InChI is InChI=1S/C13H18ClFN2O2S/c1-17(11-3-2-7-16-8-6-11)20(18,19)13-5-4-10(15)9-12(13)14/h4-5,9,11,16H,2-3,6-8H2,1H3. The zero-order valence-corrected chi connectivity index (χ0v) is 12.8. The summed E-state index contributed by atoms with van der Waals surface area (Å²) in [6.07, 6.45) is 2.50. The van der Waals surface area contributed by atoms with Gasteiger partial charge in [0.1, 0.15) is 10.7 Å². The number of hydrogen-bond acceptors (Lipinski definition) is 3. The highest BCUT2D eigenvalue weighted by Gasteiger charge is 2.30. The Kier molecular flexibility index (Phi) is 5.01. The number of halogens is 2. The van der Waals surface area contributed by atoms with Crippen LogP contribution in [-0.2, 0) is 10.0 Å². The van der Waals surface area contributed by atoms with Crippen LogP contribution in [0.25, 0.3) is 0 Å². The molecule has 0 aromatic heterocycles. The maximum absolute atomic E-state index is 13.0. The highest BCUT2D eigenvalue weighted by molar-refractivity contribution is 7.89. The number of sulfonamides is 1. The molecule has 0 spiro atoms. The minimum Gasteiger partial charge on any atom is -0.317 e. The Bertz CT molecular complexity index is 572. The lowest BCUT2D eigenvalue weighted by Crippen LogP contribution is -2.37. The molecule has 0 aliphatic carbocycles. The van der Waals surface area contributed by atoms with Gasteiger partial charge in [-0.2, -0.15) is 4.31 Å². The first-order valence-corrected chi connectivity index (χ1v) is 8.38. The van der Waals surface area contributed by atoms with Crippen molar-refractivity contribution in [3.63, 3.8) is 0 Å². The van der Waals surface area contributed by atoms with Crippen LogP contribution in [-0.4, -0.2) is 38.9 Å². The Morgan fingerprint density at radius 3 is 2.80 bits per heavy atom. The van der Waals surface area contributed by atoms with E-state index in [1.54, 1.807) is 7.05 Å². The third kappa shape index (κ3) is 3.31. The lowest BCUT2D eigenvalue weighted by atomic mass is 10.1. The second kappa shape index (κ2) is 6.39. The van der Waals surface area contributed by atoms with Gasteiger partial charge >= 0.3 is 0 Å². The molecule has 1 saturated heterocycles. The fourth-order valence-corrected chi connectivity index (χ4v) is 4.32. The molecule has 0 radical (unpaired) electrons. The molecule has 0 bridgehead atoms. The topological polar surface area (TPSA) is 49.4 Å². The van der Waals surface area contributed by atoms with Gasteiger partial charge in [0.05, 0.1) is 5.02 Å². The number of nitrogens with one attached hydrogen (secondary N) is 1. The zero-order chi connectivity index (χ0) is 14.8. The van der Waals surface area contributed by atoms with E-state index in [1.807, 2.05) is 0 Å². The summed E-state index contributed by atoms with van der Waals surface area (Å²) in [5.41, 5.74) is 0. The Balaban J connectivity index is 2.28. The van der Waals surface area contributed by atoms with E-state index in [-0.39, 0.29) is 16.0 Å². The van der Waals surface area contributed by atoms with E-state index >= 15 is 0 Å². The molecule has 2 rings (SSSR count). The predicted molar refractivity (Wildman–Crippen MR) is 76.9 cm³/mol. The van der Waals surface area contributed by atoms with Gasteiger partial charge in [-0.05, 0) is 50.6 Å². The van der Waals surface area contributed by atoms with Crippen LogP contribution in [0.1, 0.15) is 19.3 Å². The molecule has 0 amide bonds. The van der Waals surface area contributed by atoms with Crippen molar-refractivity contribution in [3.05, 3.63) is 29.0 Å². The molecule has 1 aromatic carbocycles. The summed E-state index contributed by atoms with van der Waals surface area (Å²) in [6.45, 7) is 1.70.